The molecule has 0 radical (unpaired) electrons. The number of aryl methyl sites for hydroxylation is 2. The molecule has 0 fully saturated rings. The minimum absolute atomic E-state index is 1.12. The van der Waals surface area contributed by atoms with Crippen LogP contribution in [-0.2, 0) is 6.42 Å². The number of rotatable bonds is 6. The van der Waals surface area contributed by atoms with Crippen LogP contribution in [0.3, 0.4) is 0 Å². The summed E-state index contributed by atoms with van der Waals surface area (Å²) in [5.74, 6) is 0. The molecule has 47 heavy (non-hydrogen) atoms. The van der Waals surface area contributed by atoms with E-state index < -0.39 is 0 Å². The molecule has 0 atom stereocenters. The lowest BCUT2D eigenvalue weighted by atomic mass is 9.90. The van der Waals surface area contributed by atoms with Crippen molar-refractivity contribution in [3.05, 3.63) is 180 Å². The number of nitrogens with zero attached hydrogens (tertiary/aromatic N) is 1. The molecule has 0 aliphatic heterocycles. The second-order valence-electron chi connectivity index (χ2n) is 12.5. The molecular formula is C45H33NS. The molecule has 0 unspecified atom stereocenters. The van der Waals surface area contributed by atoms with E-state index in [0.29, 0.717) is 0 Å². The number of thiophene rings is 1. The van der Waals surface area contributed by atoms with Gasteiger partial charge in [-0.05, 0) is 112 Å². The monoisotopic (exact) mass is 619 g/mol. The summed E-state index contributed by atoms with van der Waals surface area (Å²) in [5.41, 5.74) is 18.1. The maximum Gasteiger partial charge on any atom is 0.0491 e. The highest BCUT2D eigenvalue weighted by atomic mass is 32.1. The first kappa shape index (κ1) is 27.8. The highest BCUT2D eigenvalue weighted by Crippen LogP contribution is 2.53. The zero-order valence-corrected chi connectivity index (χ0v) is 27.1. The number of anilines is 3. The van der Waals surface area contributed by atoms with Crippen LogP contribution in [0.2, 0.25) is 0 Å². The van der Waals surface area contributed by atoms with Crippen LogP contribution in [0.1, 0.15) is 28.7 Å². The molecule has 2 heteroatoms. The zero-order chi connectivity index (χ0) is 31.3. The van der Waals surface area contributed by atoms with Crippen LogP contribution < -0.4 is 4.90 Å². The van der Waals surface area contributed by atoms with E-state index >= 15 is 0 Å². The predicted octanol–water partition coefficient (Wildman–Crippen LogP) is 12.9. The van der Waals surface area contributed by atoms with Crippen molar-refractivity contribution in [2.45, 2.75) is 19.8 Å². The molecule has 224 valence electrons. The number of hydrogen-bond acceptors (Lipinski definition) is 2. The molecule has 1 aromatic heterocycles. The predicted molar refractivity (Wildman–Crippen MR) is 201 cm³/mol. The molecule has 2 aliphatic carbocycles. The standard InChI is InChI=1S/C45H33NS/c1-30-28-36(43-29-41-39-16-8-14-35-15-9-17-40(44(35)39)45(41)47-43)22-27-42(30)46(37-23-18-33(19-24-37)31-10-4-2-5-11-31)38-25-20-34(21-26-38)32-12-6-3-7-13-32/h2-7,9-13,15-29H,8,14H2,1H3. The van der Waals surface area contributed by atoms with Gasteiger partial charge in [-0.1, -0.05) is 115 Å². The molecule has 0 saturated heterocycles. The van der Waals surface area contributed by atoms with Gasteiger partial charge in [0.25, 0.3) is 0 Å². The van der Waals surface area contributed by atoms with Crippen LogP contribution in [-0.4, -0.2) is 0 Å². The van der Waals surface area contributed by atoms with E-state index in [-0.39, 0.29) is 0 Å². The highest BCUT2D eigenvalue weighted by Gasteiger charge is 2.30. The molecule has 6 aromatic carbocycles. The summed E-state index contributed by atoms with van der Waals surface area (Å²) in [6.07, 6.45) is 4.72. The molecule has 0 spiro atoms. The van der Waals surface area contributed by atoms with E-state index in [9.17, 15) is 0 Å². The van der Waals surface area contributed by atoms with E-state index in [4.69, 9.17) is 0 Å². The maximum absolute atomic E-state index is 2.45. The van der Waals surface area contributed by atoms with Crippen LogP contribution in [0.15, 0.2) is 158 Å². The van der Waals surface area contributed by atoms with Crippen molar-refractivity contribution >= 4 is 34.0 Å². The Balaban J connectivity index is 1.11. The van der Waals surface area contributed by atoms with Crippen molar-refractivity contribution in [1.82, 2.24) is 0 Å². The highest BCUT2D eigenvalue weighted by molar-refractivity contribution is 7.19. The maximum atomic E-state index is 2.45. The Bertz CT molecular complexity index is 2190. The first-order valence-electron chi connectivity index (χ1n) is 16.4. The summed E-state index contributed by atoms with van der Waals surface area (Å²) in [6.45, 7) is 2.25. The summed E-state index contributed by atoms with van der Waals surface area (Å²) in [5, 5.41) is 0. The van der Waals surface area contributed by atoms with Crippen LogP contribution in [0.4, 0.5) is 17.1 Å². The first-order chi connectivity index (χ1) is 23.2. The number of fused-ring (bicyclic) bond motifs is 3. The lowest BCUT2D eigenvalue weighted by molar-refractivity contribution is 0.982. The molecular weight excluding hydrogens is 587 g/mol. The Kier molecular flexibility index (Phi) is 6.76. The average Bonchev–Trinajstić information content (AvgIpc) is 3.70. The third kappa shape index (κ3) is 4.85. The molecule has 1 heterocycles. The Labute approximate surface area is 280 Å². The van der Waals surface area contributed by atoms with E-state index in [1.807, 2.05) is 11.3 Å². The van der Waals surface area contributed by atoms with Crippen LogP contribution >= 0.6 is 11.3 Å². The van der Waals surface area contributed by atoms with Gasteiger partial charge in [0.1, 0.15) is 0 Å². The van der Waals surface area contributed by atoms with E-state index in [0.717, 1.165) is 24.2 Å². The molecule has 0 N–H and O–H groups in total. The summed E-state index contributed by atoms with van der Waals surface area (Å²) in [6, 6.07) is 55.3. The quantitative estimate of drug-likeness (QED) is 0.179. The van der Waals surface area contributed by atoms with Crippen molar-refractivity contribution < 1.29 is 0 Å². The van der Waals surface area contributed by atoms with Gasteiger partial charge in [-0.2, -0.15) is 0 Å². The minimum Gasteiger partial charge on any atom is -0.310 e. The van der Waals surface area contributed by atoms with E-state index in [1.165, 1.54) is 76.6 Å². The Hall–Kier alpha value is -5.44. The normalized spacial score (nSPS) is 12.7. The summed E-state index contributed by atoms with van der Waals surface area (Å²) < 4.78 is 0. The minimum atomic E-state index is 1.12. The van der Waals surface area contributed by atoms with Gasteiger partial charge in [0, 0.05) is 37.9 Å². The van der Waals surface area contributed by atoms with Gasteiger partial charge in [-0.3, -0.25) is 0 Å². The third-order valence-corrected chi connectivity index (χ3v) is 10.9. The first-order valence-corrected chi connectivity index (χ1v) is 17.2. The van der Waals surface area contributed by atoms with Gasteiger partial charge in [0.2, 0.25) is 0 Å². The lowest BCUT2D eigenvalue weighted by Crippen LogP contribution is -2.11. The van der Waals surface area contributed by atoms with E-state index in [1.54, 1.807) is 0 Å². The fraction of sp³-hybridized carbons (Fsp3) is 0.0667. The fourth-order valence-corrected chi connectivity index (χ4v) is 8.52. The largest absolute Gasteiger partial charge is 0.310 e. The van der Waals surface area contributed by atoms with Crippen LogP contribution in [0.25, 0.3) is 48.7 Å². The molecule has 0 saturated carbocycles. The Morgan fingerprint density at radius 3 is 1.74 bits per heavy atom. The second kappa shape index (κ2) is 11.4. The molecule has 0 bridgehead atoms. The van der Waals surface area contributed by atoms with Crippen molar-refractivity contribution in [3.8, 4) is 43.1 Å². The van der Waals surface area contributed by atoms with Gasteiger partial charge in [0.15, 0.2) is 0 Å². The lowest BCUT2D eigenvalue weighted by Gasteiger charge is -2.28. The van der Waals surface area contributed by atoms with Crippen molar-refractivity contribution in [3.63, 3.8) is 0 Å². The summed E-state index contributed by atoms with van der Waals surface area (Å²) >= 11 is 1.93. The molecule has 9 rings (SSSR count). The van der Waals surface area contributed by atoms with Gasteiger partial charge in [-0.15, -0.1) is 11.3 Å². The molecule has 2 aliphatic rings. The van der Waals surface area contributed by atoms with Gasteiger partial charge < -0.3 is 4.90 Å². The Morgan fingerprint density at radius 1 is 0.532 bits per heavy atom. The zero-order valence-electron chi connectivity index (χ0n) is 26.3. The van der Waals surface area contributed by atoms with Crippen LogP contribution in [0, 0.1) is 6.92 Å². The number of allylic oxidation sites excluding steroid dienone is 1. The molecule has 0 amide bonds. The topological polar surface area (TPSA) is 3.24 Å². The SMILES string of the molecule is Cc1cc(-c2cc3c(s2)-c2cccc4c2C3=CCC4)ccc1N(c1ccc(-c2ccccc2)cc1)c1ccc(-c2ccccc2)cc1. The molecule has 1 nitrogen and oxygen atoms in total. The fourth-order valence-electron chi connectivity index (χ4n) is 7.32. The smallest absolute Gasteiger partial charge is 0.0491 e. The third-order valence-electron chi connectivity index (χ3n) is 9.64. The summed E-state index contributed by atoms with van der Waals surface area (Å²) in [7, 11) is 0. The number of benzene rings is 6. The van der Waals surface area contributed by atoms with Gasteiger partial charge in [0.05, 0.1) is 0 Å². The van der Waals surface area contributed by atoms with E-state index in [2.05, 4.69) is 170 Å². The van der Waals surface area contributed by atoms with Crippen molar-refractivity contribution in [2.24, 2.45) is 0 Å². The Morgan fingerprint density at radius 2 is 1.13 bits per heavy atom. The van der Waals surface area contributed by atoms with Crippen LogP contribution in [0.5, 0.6) is 0 Å². The number of hydrogen-bond donors (Lipinski definition) is 0. The molecule has 7 aromatic rings. The second-order valence-corrected chi connectivity index (χ2v) is 13.6. The summed E-state index contributed by atoms with van der Waals surface area (Å²) in [4.78, 5) is 5.14. The average molecular weight is 620 g/mol. The van der Waals surface area contributed by atoms with Gasteiger partial charge in [-0.25, -0.2) is 0 Å². The van der Waals surface area contributed by atoms with Crippen molar-refractivity contribution in [1.29, 1.82) is 0 Å². The van der Waals surface area contributed by atoms with Crippen molar-refractivity contribution in [2.75, 3.05) is 4.90 Å². The van der Waals surface area contributed by atoms with Gasteiger partial charge >= 0.3 is 0 Å².